The first-order chi connectivity index (χ1) is 5.20. The van der Waals surface area contributed by atoms with Crippen molar-refractivity contribution in [2.24, 2.45) is 5.73 Å². The van der Waals surface area contributed by atoms with Gasteiger partial charge < -0.3 is 15.4 Å². The average molecular weight is 156 g/mol. The molecule has 0 fully saturated rings. The molecule has 5 heteroatoms. The molecule has 0 aromatic carbocycles. The van der Waals surface area contributed by atoms with Gasteiger partial charge in [0.25, 0.3) is 0 Å². The summed E-state index contributed by atoms with van der Waals surface area (Å²) in [6.45, 7) is 0. The van der Waals surface area contributed by atoms with E-state index in [1.807, 2.05) is 0 Å². The van der Waals surface area contributed by atoms with Crippen molar-refractivity contribution in [2.75, 3.05) is 0 Å². The molecule has 3 N–H and O–H groups in total. The molecule has 0 spiro atoms. The minimum absolute atomic E-state index is 0.200. The van der Waals surface area contributed by atoms with Gasteiger partial charge in [0.05, 0.1) is 5.69 Å². The normalized spacial score (nSPS) is 12.8. The number of carboxylic acids is 1. The quantitative estimate of drug-likeness (QED) is 0.623. The molecular formula is C6H8N2O3. The standard InChI is InChI=1S/C6H8N2O3/c7-5(6(9)10)3-4-1-2-11-8-4/h1-2,5H,3,7H2,(H,9,10)/t5-/m0/s1. The summed E-state index contributed by atoms with van der Waals surface area (Å²) in [6.07, 6.45) is 1.58. The molecule has 0 unspecified atom stereocenters. The van der Waals surface area contributed by atoms with Crippen LogP contribution >= 0.6 is 0 Å². The van der Waals surface area contributed by atoms with E-state index < -0.39 is 12.0 Å². The van der Waals surface area contributed by atoms with E-state index in [9.17, 15) is 4.79 Å². The van der Waals surface area contributed by atoms with Crippen molar-refractivity contribution in [3.8, 4) is 0 Å². The van der Waals surface area contributed by atoms with Crippen LogP contribution in [0.5, 0.6) is 0 Å². The third-order valence-corrected chi connectivity index (χ3v) is 1.24. The zero-order valence-electron chi connectivity index (χ0n) is 5.73. The zero-order chi connectivity index (χ0) is 8.27. The fraction of sp³-hybridized carbons (Fsp3) is 0.333. The van der Waals surface area contributed by atoms with Crippen LogP contribution in [0.15, 0.2) is 16.9 Å². The van der Waals surface area contributed by atoms with Crippen molar-refractivity contribution < 1.29 is 14.4 Å². The van der Waals surface area contributed by atoms with Crippen molar-refractivity contribution in [3.05, 3.63) is 18.0 Å². The van der Waals surface area contributed by atoms with Gasteiger partial charge in [-0.05, 0) is 0 Å². The lowest BCUT2D eigenvalue weighted by Gasteiger charge is -2.00. The van der Waals surface area contributed by atoms with E-state index in [1.165, 1.54) is 6.26 Å². The molecule has 0 aliphatic rings. The molecule has 1 aromatic rings. The summed E-state index contributed by atoms with van der Waals surface area (Å²) in [5, 5.41) is 11.9. The van der Waals surface area contributed by atoms with Crippen molar-refractivity contribution >= 4 is 5.97 Å². The molecule has 11 heavy (non-hydrogen) atoms. The molecule has 5 nitrogen and oxygen atoms in total. The first kappa shape index (κ1) is 7.74. The predicted molar refractivity (Wildman–Crippen MR) is 35.8 cm³/mol. The van der Waals surface area contributed by atoms with Crippen LogP contribution in [0.4, 0.5) is 0 Å². The maximum absolute atomic E-state index is 10.2. The number of carbonyl (C=O) groups is 1. The number of aliphatic carboxylic acids is 1. The van der Waals surface area contributed by atoms with Gasteiger partial charge in [0.2, 0.25) is 0 Å². The molecule has 0 saturated heterocycles. The van der Waals surface area contributed by atoms with Gasteiger partial charge in [0, 0.05) is 12.5 Å². The van der Waals surface area contributed by atoms with E-state index in [0.717, 1.165) is 0 Å². The van der Waals surface area contributed by atoms with Crippen LogP contribution < -0.4 is 5.73 Å². The molecule has 0 bridgehead atoms. The van der Waals surface area contributed by atoms with Gasteiger partial charge in [0.1, 0.15) is 12.3 Å². The molecule has 0 amide bonds. The Balaban J connectivity index is 2.50. The lowest BCUT2D eigenvalue weighted by Crippen LogP contribution is -2.32. The molecule has 0 aliphatic heterocycles. The highest BCUT2D eigenvalue weighted by atomic mass is 16.5. The van der Waals surface area contributed by atoms with Crippen LogP contribution in [0, 0.1) is 0 Å². The Bertz CT molecular complexity index is 232. The summed E-state index contributed by atoms with van der Waals surface area (Å²) >= 11 is 0. The van der Waals surface area contributed by atoms with Gasteiger partial charge in [-0.25, -0.2) is 0 Å². The Morgan fingerprint density at radius 2 is 2.64 bits per heavy atom. The maximum atomic E-state index is 10.2. The van der Waals surface area contributed by atoms with E-state index in [4.69, 9.17) is 10.8 Å². The van der Waals surface area contributed by atoms with E-state index in [0.29, 0.717) is 5.69 Å². The molecule has 1 atom stereocenters. The van der Waals surface area contributed by atoms with Gasteiger partial charge >= 0.3 is 5.97 Å². The van der Waals surface area contributed by atoms with Crippen LogP contribution in [0.3, 0.4) is 0 Å². The summed E-state index contributed by atoms with van der Waals surface area (Å²) in [6, 6.07) is 0.683. The molecular weight excluding hydrogens is 148 g/mol. The average Bonchev–Trinajstić information content (AvgIpc) is 2.39. The van der Waals surface area contributed by atoms with Gasteiger partial charge in [-0.2, -0.15) is 0 Å². The number of aromatic nitrogens is 1. The van der Waals surface area contributed by atoms with Crippen LogP contribution in [-0.4, -0.2) is 22.3 Å². The molecule has 0 radical (unpaired) electrons. The van der Waals surface area contributed by atoms with Crippen molar-refractivity contribution in [1.82, 2.24) is 5.16 Å². The summed E-state index contributed by atoms with van der Waals surface area (Å²) in [5.74, 6) is -1.03. The highest BCUT2D eigenvalue weighted by molar-refractivity contribution is 5.73. The maximum Gasteiger partial charge on any atom is 0.320 e. The number of nitrogens with two attached hydrogens (primary N) is 1. The van der Waals surface area contributed by atoms with Gasteiger partial charge in [-0.3, -0.25) is 4.79 Å². The zero-order valence-corrected chi connectivity index (χ0v) is 5.73. The van der Waals surface area contributed by atoms with Gasteiger partial charge in [-0.15, -0.1) is 0 Å². The third kappa shape index (κ3) is 2.05. The molecule has 60 valence electrons. The van der Waals surface area contributed by atoms with E-state index >= 15 is 0 Å². The smallest absolute Gasteiger partial charge is 0.320 e. The topological polar surface area (TPSA) is 89.4 Å². The van der Waals surface area contributed by atoms with Crippen LogP contribution in [0.25, 0.3) is 0 Å². The van der Waals surface area contributed by atoms with Crippen molar-refractivity contribution in [1.29, 1.82) is 0 Å². The molecule has 1 heterocycles. The minimum Gasteiger partial charge on any atom is -0.480 e. The highest BCUT2D eigenvalue weighted by Crippen LogP contribution is 1.97. The number of nitrogens with zero attached hydrogens (tertiary/aromatic N) is 1. The van der Waals surface area contributed by atoms with Crippen molar-refractivity contribution in [2.45, 2.75) is 12.5 Å². The second-order valence-electron chi connectivity index (χ2n) is 2.14. The summed E-state index contributed by atoms with van der Waals surface area (Å²) in [4.78, 5) is 10.2. The monoisotopic (exact) mass is 156 g/mol. The molecule has 1 rings (SSSR count). The second-order valence-corrected chi connectivity index (χ2v) is 2.14. The fourth-order valence-electron chi connectivity index (χ4n) is 0.655. The Labute approximate surface area is 62.8 Å². The highest BCUT2D eigenvalue weighted by Gasteiger charge is 2.13. The summed E-state index contributed by atoms with van der Waals surface area (Å²) in [7, 11) is 0. The van der Waals surface area contributed by atoms with Crippen molar-refractivity contribution in [3.63, 3.8) is 0 Å². The lowest BCUT2D eigenvalue weighted by molar-refractivity contribution is -0.138. The summed E-state index contributed by atoms with van der Waals surface area (Å²) < 4.78 is 4.50. The third-order valence-electron chi connectivity index (χ3n) is 1.24. The SMILES string of the molecule is N[C@@H](Cc1ccon1)C(=O)O. The predicted octanol–water partition coefficient (Wildman–Crippen LogP) is -0.371. The Hall–Kier alpha value is -1.36. The first-order valence-electron chi connectivity index (χ1n) is 3.08. The second kappa shape index (κ2) is 3.16. The van der Waals surface area contributed by atoms with Crippen LogP contribution in [-0.2, 0) is 11.2 Å². The Morgan fingerprint density at radius 1 is 1.91 bits per heavy atom. The van der Waals surface area contributed by atoms with E-state index in [-0.39, 0.29) is 6.42 Å². The number of hydrogen-bond acceptors (Lipinski definition) is 4. The van der Waals surface area contributed by atoms with E-state index in [1.54, 1.807) is 6.07 Å². The van der Waals surface area contributed by atoms with Crippen LogP contribution in [0.1, 0.15) is 5.69 Å². The summed E-state index contributed by atoms with van der Waals surface area (Å²) in [5.41, 5.74) is 5.78. The molecule has 0 saturated carbocycles. The molecule has 0 aliphatic carbocycles. The number of rotatable bonds is 3. The van der Waals surface area contributed by atoms with Crippen LogP contribution in [0.2, 0.25) is 0 Å². The number of hydrogen-bond donors (Lipinski definition) is 2. The first-order valence-corrected chi connectivity index (χ1v) is 3.08. The van der Waals surface area contributed by atoms with E-state index in [2.05, 4.69) is 9.68 Å². The molecule has 1 aromatic heterocycles. The lowest BCUT2D eigenvalue weighted by atomic mass is 10.2. The fourth-order valence-corrected chi connectivity index (χ4v) is 0.655. The largest absolute Gasteiger partial charge is 0.480 e. The van der Waals surface area contributed by atoms with Gasteiger partial charge in [0.15, 0.2) is 0 Å². The minimum atomic E-state index is -1.03. The Morgan fingerprint density at radius 3 is 3.09 bits per heavy atom. The van der Waals surface area contributed by atoms with Gasteiger partial charge in [-0.1, -0.05) is 5.16 Å². The Kier molecular flexibility index (Phi) is 2.22. The number of carboxylic acid groups (broad SMARTS) is 1.